The van der Waals surface area contributed by atoms with Crippen LogP contribution in [0.15, 0.2) is 30.3 Å². The van der Waals surface area contributed by atoms with Crippen molar-refractivity contribution in [1.29, 1.82) is 0 Å². The first kappa shape index (κ1) is 12.0. The van der Waals surface area contributed by atoms with Gasteiger partial charge in [-0.1, -0.05) is 30.3 Å². The van der Waals surface area contributed by atoms with E-state index in [9.17, 15) is 4.79 Å². The van der Waals surface area contributed by atoms with E-state index < -0.39 is 11.5 Å². The fourth-order valence-electron chi connectivity index (χ4n) is 1.11. The number of benzene rings is 1. The number of aliphatic hydroxyl groups is 1. The van der Waals surface area contributed by atoms with Gasteiger partial charge in [-0.05, 0) is 12.5 Å². The normalized spacial score (nSPS) is 14.3. The zero-order valence-electron chi connectivity index (χ0n) is 8.48. The van der Waals surface area contributed by atoms with Gasteiger partial charge in [-0.15, -0.1) is 11.6 Å². The summed E-state index contributed by atoms with van der Waals surface area (Å²) in [5, 5.41) is 10.9. The predicted molar refractivity (Wildman–Crippen MR) is 59.7 cm³/mol. The molecule has 1 aromatic rings. The first-order chi connectivity index (χ1) is 7.11. The van der Waals surface area contributed by atoms with Crippen LogP contribution in [0.5, 0.6) is 0 Å². The summed E-state index contributed by atoms with van der Waals surface area (Å²) in [6.07, 6.45) is -0.561. The largest absolute Gasteiger partial charge is 0.392 e. The van der Waals surface area contributed by atoms with E-state index in [-0.39, 0.29) is 12.5 Å². The van der Waals surface area contributed by atoms with Crippen LogP contribution in [0.4, 0.5) is 0 Å². The number of amides is 1. The molecule has 1 amide bonds. The Kier molecular flexibility index (Phi) is 4.59. The Labute approximate surface area is 94.1 Å². The fraction of sp³-hybridized carbons (Fsp3) is 0.364. The van der Waals surface area contributed by atoms with Crippen LogP contribution in [0.25, 0.3) is 0 Å². The Morgan fingerprint density at radius 3 is 2.60 bits per heavy atom. The molecule has 1 rings (SSSR count). The van der Waals surface area contributed by atoms with Crippen LogP contribution in [0.3, 0.4) is 0 Å². The number of nitrogens with one attached hydrogen (secondary N) is 1. The molecule has 0 heterocycles. The predicted octanol–water partition coefficient (Wildman–Crippen LogP) is 1.46. The molecule has 0 radical (unpaired) electrons. The lowest BCUT2D eigenvalue weighted by atomic mass is 10.1. The molecular weight excluding hydrogens is 214 g/mol. The molecule has 0 bridgehead atoms. The van der Waals surface area contributed by atoms with E-state index >= 15 is 0 Å². The number of alkyl halides is 1. The lowest BCUT2D eigenvalue weighted by Crippen LogP contribution is -2.32. The van der Waals surface area contributed by atoms with Crippen molar-refractivity contribution < 1.29 is 9.90 Å². The second kappa shape index (κ2) is 5.73. The molecule has 0 saturated heterocycles. The van der Waals surface area contributed by atoms with E-state index in [1.807, 2.05) is 18.2 Å². The summed E-state index contributed by atoms with van der Waals surface area (Å²) in [7, 11) is 0. The van der Waals surface area contributed by atoms with Crippen molar-refractivity contribution >= 4 is 17.5 Å². The van der Waals surface area contributed by atoms with Gasteiger partial charge in [-0.2, -0.15) is 0 Å². The Morgan fingerprint density at radius 1 is 1.47 bits per heavy atom. The third-order valence-corrected chi connectivity index (χ3v) is 2.34. The van der Waals surface area contributed by atoms with E-state index in [0.29, 0.717) is 0 Å². The lowest BCUT2D eigenvalue weighted by molar-refractivity contribution is -0.121. The highest BCUT2D eigenvalue weighted by atomic mass is 35.5. The molecular formula is C11H14ClNO2. The molecule has 2 atom stereocenters. The van der Waals surface area contributed by atoms with E-state index in [2.05, 4.69) is 5.32 Å². The summed E-state index contributed by atoms with van der Waals surface area (Å²) < 4.78 is 0. The minimum Gasteiger partial charge on any atom is -0.392 e. The quantitative estimate of drug-likeness (QED) is 0.766. The van der Waals surface area contributed by atoms with Gasteiger partial charge in [0.25, 0.3) is 0 Å². The molecule has 1 aromatic carbocycles. The lowest BCUT2D eigenvalue weighted by Gasteiger charge is -2.11. The van der Waals surface area contributed by atoms with E-state index in [1.54, 1.807) is 19.1 Å². The molecule has 15 heavy (non-hydrogen) atoms. The molecule has 0 aliphatic heterocycles. The van der Waals surface area contributed by atoms with Gasteiger partial charge in [-0.3, -0.25) is 4.79 Å². The van der Waals surface area contributed by atoms with E-state index in [1.165, 1.54) is 0 Å². The number of carbonyl (C=O) groups excluding carboxylic acids is 1. The Balaban J connectivity index is 2.54. The molecule has 3 nitrogen and oxygen atoms in total. The van der Waals surface area contributed by atoms with Gasteiger partial charge < -0.3 is 10.4 Å². The zero-order chi connectivity index (χ0) is 11.3. The number of carbonyl (C=O) groups is 1. The number of hydrogen-bond acceptors (Lipinski definition) is 2. The van der Waals surface area contributed by atoms with Gasteiger partial charge in [0.15, 0.2) is 0 Å². The summed E-state index contributed by atoms with van der Waals surface area (Å²) in [6, 6.07) is 9.10. The summed E-state index contributed by atoms with van der Waals surface area (Å²) in [4.78, 5) is 11.5. The minimum atomic E-state index is -0.704. The molecule has 0 aliphatic rings. The average Bonchev–Trinajstić information content (AvgIpc) is 2.26. The van der Waals surface area contributed by atoms with Crippen LogP contribution in [0.1, 0.15) is 17.9 Å². The summed E-state index contributed by atoms with van der Waals surface area (Å²) in [5.74, 6) is -0.288. The van der Waals surface area contributed by atoms with Gasteiger partial charge in [0.1, 0.15) is 5.38 Å². The van der Waals surface area contributed by atoms with Gasteiger partial charge in [0, 0.05) is 6.54 Å². The molecule has 2 N–H and O–H groups in total. The van der Waals surface area contributed by atoms with Crippen LogP contribution in [-0.2, 0) is 4.79 Å². The maximum absolute atomic E-state index is 11.5. The summed E-state index contributed by atoms with van der Waals surface area (Å²) in [6.45, 7) is 1.82. The topological polar surface area (TPSA) is 49.3 Å². The number of rotatable bonds is 4. The zero-order valence-corrected chi connectivity index (χ0v) is 9.24. The summed E-state index contributed by atoms with van der Waals surface area (Å²) >= 11 is 5.95. The Hall–Kier alpha value is -1.06. The molecule has 82 valence electrons. The standard InChI is InChI=1S/C11H14ClNO2/c1-8(14)7-13-11(15)10(12)9-5-3-2-4-6-9/h2-6,8,10,14H,7H2,1H3,(H,13,15)/t8-,10?/m1/s1. The maximum atomic E-state index is 11.5. The third kappa shape index (κ3) is 3.90. The SMILES string of the molecule is C[C@@H](O)CNC(=O)C(Cl)c1ccccc1. The fourth-order valence-corrected chi connectivity index (χ4v) is 1.33. The van der Waals surface area contributed by atoms with Crippen molar-refractivity contribution in [2.24, 2.45) is 0 Å². The second-order valence-electron chi connectivity index (χ2n) is 3.37. The van der Waals surface area contributed by atoms with Crippen molar-refractivity contribution in [3.8, 4) is 0 Å². The van der Waals surface area contributed by atoms with Gasteiger partial charge >= 0.3 is 0 Å². The molecule has 0 spiro atoms. The minimum absolute atomic E-state index is 0.217. The van der Waals surface area contributed by atoms with Crippen LogP contribution in [-0.4, -0.2) is 23.7 Å². The molecule has 0 saturated carbocycles. The first-order valence-corrected chi connectivity index (χ1v) is 5.19. The second-order valence-corrected chi connectivity index (χ2v) is 3.80. The highest BCUT2D eigenvalue weighted by Gasteiger charge is 2.16. The van der Waals surface area contributed by atoms with Gasteiger partial charge in [0.05, 0.1) is 6.10 Å². The maximum Gasteiger partial charge on any atom is 0.242 e. The molecule has 0 aromatic heterocycles. The Morgan fingerprint density at radius 2 is 2.07 bits per heavy atom. The van der Waals surface area contributed by atoms with Crippen LogP contribution >= 0.6 is 11.6 Å². The van der Waals surface area contributed by atoms with Crippen molar-refractivity contribution in [2.75, 3.05) is 6.54 Å². The molecule has 4 heteroatoms. The van der Waals surface area contributed by atoms with Gasteiger partial charge in [0.2, 0.25) is 5.91 Å². The number of aliphatic hydroxyl groups excluding tert-OH is 1. The highest BCUT2D eigenvalue weighted by molar-refractivity contribution is 6.30. The van der Waals surface area contributed by atoms with E-state index in [0.717, 1.165) is 5.56 Å². The van der Waals surface area contributed by atoms with Crippen molar-refractivity contribution in [3.63, 3.8) is 0 Å². The smallest absolute Gasteiger partial charge is 0.242 e. The number of hydrogen-bond donors (Lipinski definition) is 2. The van der Waals surface area contributed by atoms with Crippen LogP contribution in [0, 0.1) is 0 Å². The average molecular weight is 228 g/mol. The Bertz CT molecular complexity index is 314. The van der Waals surface area contributed by atoms with Crippen LogP contribution in [0.2, 0.25) is 0 Å². The molecule has 0 fully saturated rings. The monoisotopic (exact) mass is 227 g/mol. The van der Waals surface area contributed by atoms with Crippen molar-refractivity contribution in [2.45, 2.75) is 18.4 Å². The van der Waals surface area contributed by atoms with Crippen molar-refractivity contribution in [3.05, 3.63) is 35.9 Å². The first-order valence-electron chi connectivity index (χ1n) is 4.76. The highest BCUT2D eigenvalue weighted by Crippen LogP contribution is 2.19. The van der Waals surface area contributed by atoms with E-state index in [4.69, 9.17) is 16.7 Å². The molecule has 1 unspecified atom stereocenters. The summed E-state index contributed by atoms with van der Waals surface area (Å²) in [5.41, 5.74) is 0.752. The number of halogens is 1. The van der Waals surface area contributed by atoms with Crippen molar-refractivity contribution in [1.82, 2.24) is 5.32 Å². The third-order valence-electron chi connectivity index (χ3n) is 1.89. The van der Waals surface area contributed by atoms with Gasteiger partial charge in [-0.25, -0.2) is 0 Å². The van der Waals surface area contributed by atoms with Crippen LogP contribution < -0.4 is 5.32 Å². The molecule has 0 aliphatic carbocycles.